The van der Waals surface area contributed by atoms with Gasteiger partial charge in [0.2, 0.25) is 0 Å². The molecule has 5 nitrogen and oxygen atoms in total. The summed E-state index contributed by atoms with van der Waals surface area (Å²) < 4.78 is 17.1. The minimum absolute atomic E-state index is 0.157. The Morgan fingerprint density at radius 3 is 2.67 bits per heavy atom. The van der Waals surface area contributed by atoms with Crippen LogP contribution in [-0.4, -0.2) is 34.5 Å². The summed E-state index contributed by atoms with van der Waals surface area (Å²) in [5, 5.41) is 2.95. The first-order chi connectivity index (χ1) is 11.5. The van der Waals surface area contributed by atoms with Crippen LogP contribution < -0.4 is 5.32 Å². The maximum absolute atomic E-state index is 12.2. The molecule has 1 saturated carbocycles. The lowest BCUT2D eigenvalue weighted by molar-refractivity contribution is -0.125. The van der Waals surface area contributed by atoms with E-state index in [-0.39, 0.29) is 24.1 Å². The number of hydrogen-bond donors (Lipinski definition) is 1. The van der Waals surface area contributed by atoms with E-state index in [9.17, 15) is 13.8 Å². The highest BCUT2D eigenvalue weighted by atomic mass is 32.2. The molecule has 1 fully saturated rings. The minimum atomic E-state index is -1.25. The molecule has 0 aliphatic heterocycles. The Morgan fingerprint density at radius 2 is 1.96 bits per heavy atom. The van der Waals surface area contributed by atoms with Crippen molar-refractivity contribution in [2.75, 3.05) is 12.4 Å². The lowest BCUT2D eigenvalue weighted by Gasteiger charge is -2.29. The molecule has 1 amide bonds. The zero-order chi connectivity index (χ0) is 17.5. The SMILES string of the molecule is CC[S@](=O)c1ccccc1C(=O)OCC(=O)N[C@@H]1CCCC[C@@H]1C. The third kappa shape index (κ3) is 4.90. The van der Waals surface area contributed by atoms with E-state index in [2.05, 4.69) is 12.2 Å². The summed E-state index contributed by atoms with van der Waals surface area (Å²) in [7, 11) is -1.25. The lowest BCUT2D eigenvalue weighted by Crippen LogP contribution is -2.42. The normalized spacial score (nSPS) is 21.8. The number of carbonyl (C=O) groups excluding carboxylic acids is 2. The third-order valence-corrected chi connectivity index (χ3v) is 5.78. The Balaban J connectivity index is 1.91. The molecule has 3 atom stereocenters. The standard InChI is InChI=1S/C18H25NO4S/c1-3-24(22)16-11-7-5-9-14(16)18(21)23-12-17(20)19-15-10-6-4-8-13(15)2/h5,7,9,11,13,15H,3-4,6,8,10,12H2,1-2H3,(H,19,20)/t13-,15+,24-/m0/s1. The predicted octanol–water partition coefficient (Wildman–Crippen LogP) is 2.67. The van der Waals surface area contributed by atoms with E-state index in [1.54, 1.807) is 31.2 Å². The van der Waals surface area contributed by atoms with Crippen LogP contribution in [0.1, 0.15) is 49.9 Å². The maximum Gasteiger partial charge on any atom is 0.339 e. The molecule has 0 spiro atoms. The van der Waals surface area contributed by atoms with E-state index in [1.807, 2.05) is 0 Å². The Labute approximate surface area is 145 Å². The second kappa shape index (κ2) is 8.97. The third-order valence-electron chi connectivity index (χ3n) is 4.41. The largest absolute Gasteiger partial charge is 0.452 e. The molecule has 1 aliphatic rings. The zero-order valence-electron chi connectivity index (χ0n) is 14.2. The smallest absolute Gasteiger partial charge is 0.339 e. The van der Waals surface area contributed by atoms with Crippen molar-refractivity contribution in [3.63, 3.8) is 0 Å². The van der Waals surface area contributed by atoms with Gasteiger partial charge >= 0.3 is 5.97 Å². The monoisotopic (exact) mass is 351 g/mol. The van der Waals surface area contributed by atoms with Crippen molar-refractivity contribution >= 4 is 22.7 Å². The fourth-order valence-electron chi connectivity index (χ4n) is 2.98. The van der Waals surface area contributed by atoms with Gasteiger partial charge in [-0.3, -0.25) is 9.00 Å². The summed E-state index contributed by atoms with van der Waals surface area (Å²) >= 11 is 0. The van der Waals surface area contributed by atoms with Gasteiger partial charge in [-0.15, -0.1) is 0 Å². The predicted molar refractivity (Wildman–Crippen MR) is 93.2 cm³/mol. The molecular formula is C18H25NO4S. The molecular weight excluding hydrogens is 326 g/mol. The summed E-state index contributed by atoms with van der Waals surface area (Å²) in [5.74, 6) is -0.0220. The van der Waals surface area contributed by atoms with E-state index >= 15 is 0 Å². The number of hydrogen-bond acceptors (Lipinski definition) is 4. The van der Waals surface area contributed by atoms with E-state index < -0.39 is 16.8 Å². The molecule has 1 aromatic carbocycles. The number of benzene rings is 1. The van der Waals surface area contributed by atoms with E-state index in [4.69, 9.17) is 4.74 Å². The molecule has 0 saturated heterocycles. The molecule has 1 aliphatic carbocycles. The van der Waals surface area contributed by atoms with Gasteiger partial charge in [-0.2, -0.15) is 0 Å². The van der Waals surface area contributed by atoms with Gasteiger partial charge in [0.15, 0.2) is 6.61 Å². The van der Waals surface area contributed by atoms with E-state index in [0.29, 0.717) is 16.6 Å². The molecule has 0 aromatic heterocycles. The topological polar surface area (TPSA) is 72.5 Å². The van der Waals surface area contributed by atoms with Crippen LogP contribution in [0.2, 0.25) is 0 Å². The van der Waals surface area contributed by atoms with Crippen molar-refractivity contribution in [1.82, 2.24) is 5.32 Å². The van der Waals surface area contributed by atoms with Crippen molar-refractivity contribution in [3.05, 3.63) is 29.8 Å². The van der Waals surface area contributed by atoms with Gasteiger partial charge in [0.05, 0.1) is 21.3 Å². The van der Waals surface area contributed by atoms with Gasteiger partial charge in [0.1, 0.15) is 0 Å². The van der Waals surface area contributed by atoms with Gasteiger partial charge in [0, 0.05) is 11.8 Å². The highest BCUT2D eigenvalue weighted by molar-refractivity contribution is 7.85. The van der Waals surface area contributed by atoms with Crippen LogP contribution in [0.15, 0.2) is 29.2 Å². The number of ether oxygens (including phenoxy) is 1. The van der Waals surface area contributed by atoms with Crippen molar-refractivity contribution in [3.8, 4) is 0 Å². The van der Waals surface area contributed by atoms with Crippen molar-refractivity contribution < 1.29 is 18.5 Å². The Hall–Kier alpha value is -1.69. The summed E-state index contributed by atoms with van der Waals surface area (Å²) in [6.45, 7) is 3.61. The lowest BCUT2D eigenvalue weighted by atomic mass is 9.86. The van der Waals surface area contributed by atoms with Crippen molar-refractivity contribution in [1.29, 1.82) is 0 Å². The fraction of sp³-hybridized carbons (Fsp3) is 0.556. The van der Waals surface area contributed by atoms with E-state index in [0.717, 1.165) is 19.3 Å². The summed E-state index contributed by atoms with van der Waals surface area (Å²) in [6, 6.07) is 6.81. The zero-order valence-corrected chi connectivity index (χ0v) is 15.1. The van der Waals surface area contributed by atoms with Crippen molar-refractivity contribution in [2.24, 2.45) is 5.92 Å². The summed E-state index contributed by atoms with van der Waals surface area (Å²) in [5.41, 5.74) is 0.261. The molecule has 1 N–H and O–H groups in total. The molecule has 0 heterocycles. The Bertz CT molecular complexity index is 617. The number of rotatable bonds is 6. The summed E-state index contributed by atoms with van der Waals surface area (Å²) in [4.78, 5) is 24.7. The van der Waals surface area contributed by atoms with Crippen molar-refractivity contribution in [2.45, 2.75) is 50.5 Å². The van der Waals surface area contributed by atoms with Gasteiger partial charge in [0.25, 0.3) is 5.91 Å². The molecule has 0 unspecified atom stereocenters. The van der Waals surface area contributed by atoms with Gasteiger partial charge in [-0.1, -0.05) is 38.8 Å². The first-order valence-corrected chi connectivity index (χ1v) is 9.78. The molecule has 2 rings (SSSR count). The van der Waals surface area contributed by atoms with Gasteiger partial charge in [-0.05, 0) is 30.9 Å². The number of nitrogens with one attached hydrogen (secondary N) is 1. The minimum Gasteiger partial charge on any atom is -0.452 e. The quantitative estimate of drug-likeness (QED) is 0.800. The summed E-state index contributed by atoms with van der Waals surface area (Å²) in [6.07, 6.45) is 4.40. The second-order valence-corrected chi connectivity index (χ2v) is 7.85. The van der Waals surface area contributed by atoms with Crippen LogP contribution >= 0.6 is 0 Å². The molecule has 0 bridgehead atoms. The van der Waals surface area contributed by atoms with Crippen LogP contribution in [0, 0.1) is 5.92 Å². The Kier molecular flexibility index (Phi) is 6.97. The highest BCUT2D eigenvalue weighted by Crippen LogP contribution is 2.23. The second-order valence-electron chi connectivity index (χ2n) is 6.14. The van der Waals surface area contributed by atoms with E-state index in [1.165, 1.54) is 6.42 Å². The number of esters is 1. The molecule has 0 radical (unpaired) electrons. The first-order valence-electron chi connectivity index (χ1n) is 8.46. The average molecular weight is 351 g/mol. The van der Waals surface area contributed by atoms with Crippen LogP contribution in [0.25, 0.3) is 0 Å². The molecule has 1 aromatic rings. The highest BCUT2D eigenvalue weighted by Gasteiger charge is 2.23. The first kappa shape index (κ1) is 18.6. The van der Waals surface area contributed by atoms with Crippen LogP contribution in [-0.2, 0) is 20.3 Å². The van der Waals surface area contributed by atoms with Crippen LogP contribution in [0.4, 0.5) is 0 Å². The fourth-order valence-corrected chi connectivity index (χ4v) is 3.92. The van der Waals surface area contributed by atoms with Crippen LogP contribution in [0.5, 0.6) is 0 Å². The number of amides is 1. The molecule has 6 heteroatoms. The van der Waals surface area contributed by atoms with Gasteiger partial charge < -0.3 is 10.1 Å². The Morgan fingerprint density at radius 1 is 1.25 bits per heavy atom. The van der Waals surface area contributed by atoms with Gasteiger partial charge in [-0.25, -0.2) is 4.79 Å². The molecule has 132 valence electrons. The molecule has 24 heavy (non-hydrogen) atoms. The maximum atomic E-state index is 12.2. The number of carbonyl (C=O) groups is 2. The average Bonchev–Trinajstić information content (AvgIpc) is 2.61. The van der Waals surface area contributed by atoms with Crippen LogP contribution in [0.3, 0.4) is 0 Å².